The Hall–Kier alpha value is -1.40. The first kappa shape index (κ1) is 14.0. The fourth-order valence-corrected chi connectivity index (χ4v) is 2.50. The molecule has 102 valence electrons. The van der Waals surface area contributed by atoms with Crippen LogP contribution < -0.4 is 0 Å². The van der Waals surface area contributed by atoms with Gasteiger partial charge in [-0.25, -0.2) is 4.79 Å². The molecule has 0 aliphatic carbocycles. The number of carbonyl (C=O) groups is 2. The summed E-state index contributed by atoms with van der Waals surface area (Å²) >= 11 is 3.35. The molecular weight excluding hydrogens is 314 g/mol. The fourth-order valence-electron chi connectivity index (χ4n) is 2.02. The molecule has 19 heavy (non-hydrogen) atoms. The van der Waals surface area contributed by atoms with E-state index in [1.165, 1.54) is 4.90 Å². The van der Waals surface area contributed by atoms with E-state index >= 15 is 0 Å². The maximum atomic E-state index is 12.4. The second kappa shape index (κ2) is 5.71. The van der Waals surface area contributed by atoms with E-state index in [0.717, 1.165) is 10.0 Å². The first-order valence-electron chi connectivity index (χ1n) is 5.89. The van der Waals surface area contributed by atoms with Crippen LogP contribution in [0.5, 0.6) is 0 Å². The van der Waals surface area contributed by atoms with Crippen LogP contribution in [-0.2, 0) is 9.53 Å². The maximum Gasteiger partial charge on any atom is 0.334 e. The Morgan fingerprint density at radius 2 is 2.21 bits per heavy atom. The number of nitrogens with zero attached hydrogens (tertiary/aromatic N) is 1. The van der Waals surface area contributed by atoms with E-state index in [-0.39, 0.29) is 19.1 Å². The molecule has 1 aliphatic heterocycles. The molecule has 0 unspecified atom stereocenters. The number of carbonyl (C=O) groups excluding carboxylic acids is 1. The number of ether oxygens (including phenoxy) is 1. The zero-order valence-electron chi connectivity index (χ0n) is 10.4. The second-order valence-corrected chi connectivity index (χ2v) is 5.32. The van der Waals surface area contributed by atoms with Crippen molar-refractivity contribution in [2.45, 2.75) is 13.0 Å². The van der Waals surface area contributed by atoms with Crippen molar-refractivity contribution in [3.8, 4) is 0 Å². The van der Waals surface area contributed by atoms with Crippen LogP contribution in [0.1, 0.15) is 15.9 Å². The molecule has 1 fully saturated rings. The second-order valence-electron chi connectivity index (χ2n) is 4.41. The van der Waals surface area contributed by atoms with Crippen LogP contribution in [0.15, 0.2) is 22.7 Å². The van der Waals surface area contributed by atoms with E-state index in [2.05, 4.69) is 15.9 Å². The molecule has 2 rings (SSSR count). The smallest absolute Gasteiger partial charge is 0.334 e. The first-order chi connectivity index (χ1) is 8.99. The number of hydrogen-bond donors (Lipinski definition) is 1. The molecule has 5 nitrogen and oxygen atoms in total. The van der Waals surface area contributed by atoms with E-state index in [4.69, 9.17) is 9.84 Å². The standard InChI is InChI=1S/C13H14BrNO4/c1-8-6-9(14)2-3-10(8)12(16)15-4-5-19-11(7-15)13(17)18/h2-3,6,11H,4-5,7H2,1H3,(H,17,18)/t11-/m0/s1. The average molecular weight is 328 g/mol. The van der Waals surface area contributed by atoms with Crippen molar-refractivity contribution in [1.82, 2.24) is 4.90 Å². The van der Waals surface area contributed by atoms with E-state index in [9.17, 15) is 9.59 Å². The number of aryl methyl sites for hydroxylation is 1. The highest BCUT2D eigenvalue weighted by Crippen LogP contribution is 2.18. The summed E-state index contributed by atoms with van der Waals surface area (Å²) in [4.78, 5) is 24.8. The SMILES string of the molecule is Cc1cc(Br)ccc1C(=O)N1CCO[C@H](C(=O)O)C1. The Labute approximate surface area is 119 Å². The number of benzene rings is 1. The van der Waals surface area contributed by atoms with Crippen molar-refractivity contribution < 1.29 is 19.4 Å². The summed E-state index contributed by atoms with van der Waals surface area (Å²) < 4.78 is 6.01. The minimum atomic E-state index is -1.04. The van der Waals surface area contributed by atoms with Crippen molar-refractivity contribution in [2.24, 2.45) is 0 Å². The highest BCUT2D eigenvalue weighted by molar-refractivity contribution is 9.10. The average Bonchev–Trinajstić information content (AvgIpc) is 2.38. The van der Waals surface area contributed by atoms with E-state index in [0.29, 0.717) is 12.1 Å². The van der Waals surface area contributed by atoms with Gasteiger partial charge in [-0.2, -0.15) is 0 Å². The van der Waals surface area contributed by atoms with E-state index in [1.54, 1.807) is 12.1 Å². The zero-order chi connectivity index (χ0) is 14.0. The molecule has 1 aromatic carbocycles. The third-order valence-corrected chi connectivity index (χ3v) is 3.54. The van der Waals surface area contributed by atoms with Crippen molar-refractivity contribution in [3.63, 3.8) is 0 Å². The summed E-state index contributed by atoms with van der Waals surface area (Å²) in [5.41, 5.74) is 1.45. The summed E-state index contributed by atoms with van der Waals surface area (Å²) in [5.74, 6) is -1.19. The predicted molar refractivity (Wildman–Crippen MR) is 72.2 cm³/mol. The normalized spacial score (nSPS) is 19.3. The Bertz CT molecular complexity index is 517. The lowest BCUT2D eigenvalue weighted by atomic mass is 10.1. The number of rotatable bonds is 2. The molecule has 1 N–H and O–H groups in total. The van der Waals surface area contributed by atoms with Gasteiger partial charge in [-0.1, -0.05) is 15.9 Å². The molecule has 0 aromatic heterocycles. The van der Waals surface area contributed by atoms with Gasteiger partial charge in [-0.05, 0) is 30.7 Å². The topological polar surface area (TPSA) is 66.8 Å². The van der Waals surface area contributed by atoms with Crippen LogP contribution >= 0.6 is 15.9 Å². The van der Waals surface area contributed by atoms with Gasteiger partial charge in [0.15, 0.2) is 6.10 Å². The molecule has 0 bridgehead atoms. The third-order valence-electron chi connectivity index (χ3n) is 3.05. The lowest BCUT2D eigenvalue weighted by Crippen LogP contribution is -2.48. The summed E-state index contributed by atoms with van der Waals surface area (Å²) in [6.07, 6.45) is -0.937. The molecule has 1 aromatic rings. The maximum absolute atomic E-state index is 12.4. The van der Waals surface area contributed by atoms with Crippen LogP contribution in [0.4, 0.5) is 0 Å². The van der Waals surface area contributed by atoms with Gasteiger partial charge in [0.25, 0.3) is 5.91 Å². The molecule has 0 spiro atoms. The van der Waals surface area contributed by atoms with Crippen LogP contribution in [-0.4, -0.2) is 47.7 Å². The first-order valence-corrected chi connectivity index (χ1v) is 6.68. The van der Waals surface area contributed by atoms with Crippen molar-refractivity contribution in [2.75, 3.05) is 19.7 Å². The van der Waals surface area contributed by atoms with E-state index in [1.807, 2.05) is 13.0 Å². The van der Waals surface area contributed by atoms with Gasteiger partial charge in [0, 0.05) is 16.6 Å². The highest BCUT2D eigenvalue weighted by atomic mass is 79.9. The molecule has 6 heteroatoms. The van der Waals surface area contributed by atoms with Crippen LogP contribution in [0.25, 0.3) is 0 Å². The van der Waals surface area contributed by atoms with Gasteiger partial charge in [-0.15, -0.1) is 0 Å². The molecule has 0 radical (unpaired) electrons. The summed E-state index contributed by atoms with van der Waals surface area (Å²) in [6, 6.07) is 5.41. The number of hydrogen-bond acceptors (Lipinski definition) is 3. The Kier molecular flexibility index (Phi) is 4.21. The molecule has 1 saturated heterocycles. The number of morpholine rings is 1. The molecule has 1 amide bonds. The van der Waals surface area contributed by atoms with Gasteiger partial charge in [0.05, 0.1) is 13.2 Å². The molecule has 1 heterocycles. The highest BCUT2D eigenvalue weighted by Gasteiger charge is 2.29. The third kappa shape index (κ3) is 3.13. The molecule has 1 atom stereocenters. The largest absolute Gasteiger partial charge is 0.479 e. The van der Waals surface area contributed by atoms with Crippen LogP contribution in [0, 0.1) is 6.92 Å². The Morgan fingerprint density at radius 3 is 2.84 bits per heavy atom. The quantitative estimate of drug-likeness (QED) is 0.897. The zero-order valence-corrected chi connectivity index (χ0v) is 12.0. The number of carboxylic acids is 1. The van der Waals surface area contributed by atoms with Gasteiger partial charge in [-0.3, -0.25) is 4.79 Å². The lowest BCUT2D eigenvalue weighted by Gasteiger charge is -2.31. The fraction of sp³-hybridized carbons (Fsp3) is 0.385. The minimum absolute atomic E-state index is 0.0870. The monoisotopic (exact) mass is 327 g/mol. The molecular formula is C13H14BrNO4. The van der Waals surface area contributed by atoms with Crippen molar-refractivity contribution in [1.29, 1.82) is 0 Å². The minimum Gasteiger partial charge on any atom is -0.479 e. The number of carboxylic acid groups (broad SMARTS) is 1. The Morgan fingerprint density at radius 1 is 1.47 bits per heavy atom. The van der Waals surface area contributed by atoms with Gasteiger partial charge < -0.3 is 14.7 Å². The number of amides is 1. The predicted octanol–water partition coefficient (Wildman–Crippen LogP) is 1.68. The van der Waals surface area contributed by atoms with Gasteiger partial charge in [0.2, 0.25) is 0 Å². The van der Waals surface area contributed by atoms with Crippen LogP contribution in [0.2, 0.25) is 0 Å². The molecule has 0 saturated carbocycles. The van der Waals surface area contributed by atoms with Crippen molar-refractivity contribution >= 4 is 27.8 Å². The van der Waals surface area contributed by atoms with Gasteiger partial charge in [0.1, 0.15) is 0 Å². The van der Waals surface area contributed by atoms with E-state index < -0.39 is 12.1 Å². The Balaban J connectivity index is 2.17. The van der Waals surface area contributed by atoms with Gasteiger partial charge >= 0.3 is 5.97 Å². The van der Waals surface area contributed by atoms with Crippen molar-refractivity contribution in [3.05, 3.63) is 33.8 Å². The number of aliphatic carboxylic acids is 1. The number of halogens is 1. The summed E-state index contributed by atoms with van der Waals surface area (Å²) in [7, 11) is 0. The summed E-state index contributed by atoms with van der Waals surface area (Å²) in [6.45, 7) is 2.60. The lowest BCUT2D eigenvalue weighted by molar-refractivity contribution is -0.154. The molecule has 1 aliphatic rings. The van der Waals surface area contributed by atoms with Crippen LogP contribution in [0.3, 0.4) is 0 Å². The summed E-state index contributed by atoms with van der Waals surface area (Å²) in [5, 5.41) is 8.93.